The van der Waals surface area contributed by atoms with Crippen LogP contribution in [-0.2, 0) is 11.2 Å². The maximum absolute atomic E-state index is 12.9. The molecular weight excluding hydrogens is 318 g/mol. The number of hydrogen-bond donors (Lipinski definition) is 1. The van der Waals surface area contributed by atoms with Gasteiger partial charge in [-0.25, -0.2) is 0 Å². The fraction of sp³-hybridized carbons (Fsp3) is 0.625. The Morgan fingerprint density at radius 3 is 1.92 bits per heavy atom. The molecule has 2 unspecified atom stereocenters. The van der Waals surface area contributed by atoms with E-state index in [9.17, 15) is 4.79 Å². The minimum Gasteiger partial charge on any atom is -0.352 e. The summed E-state index contributed by atoms with van der Waals surface area (Å²) in [7, 11) is 0. The van der Waals surface area contributed by atoms with Crippen LogP contribution in [0.5, 0.6) is 0 Å². The summed E-state index contributed by atoms with van der Waals surface area (Å²) in [5.74, 6) is 3.57. The van der Waals surface area contributed by atoms with Crippen LogP contribution < -0.4 is 5.32 Å². The quantitative estimate of drug-likeness (QED) is 0.497. The average molecular weight is 358 g/mol. The van der Waals surface area contributed by atoms with Gasteiger partial charge in [-0.05, 0) is 62.0 Å². The van der Waals surface area contributed by atoms with Gasteiger partial charge in [-0.3, -0.25) is 4.79 Å². The third-order valence-electron chi connectivity index (χ3n) is 5.35. The van der Waals surface area contributed by atoms with Crippen molar-refractivity contribution >= 4 is 5.91 Å². The molecule has 1 amide bonds. The molecule has 0 fully saturated rings. The van der Waals surface area contributed by atoms with Gasteiger partial charge in [0, 0.05) is 12.0 Å². The smallest absolute Gasteiger partial charge is 0.227 e. The zero-order valence-electron chi connectivity index (χ0n) is 18.0. The molecule has 1 N–H and O–H groups in total. The van der Waals surface area contributed by atoms with Crippen LogP contribution in [0.1, 0.15) is 91.2 Å². The minimum absolute atomic E-state index is 0.123. The van der Waals surface area contributed by atoms with Crippen molar-refractivity contribution in [2.75, 3.05) is 0 Å². The van der Waals surface area contributed by atoms with Crippen molar-refractivity contribution in [3.8, 4) is 0 Å². The molecule has 1 rings (SSSR count). The summed E-state index contributed by atoms with van der Waals surface area (Å²) in [5.41, 5.74) is 2.44. The molecule has 0 spiro atoms. The number of carbonyl (C=O) groups excluding carboxylic acids is 1. The Hall–Kier alpha value is -1.31. The van der Waals surface area contributed by atoms with Gasteiger partial charge in [0.2, 0.25) is 5.91 Å². The van der Waals surface area contributed by atoms with Crippen LogP contribution >= 0.6 is 0 Å². The van der Waals surface area contributed by atoms with E-state index >= 15 is 0 Å². The molecule has 2 nitrogen and oxygen atoms in total. The zero-order valence-corrected chi connectivity index (χ0v) is 18.0. The molecule has 0 bridgehead atoms. The summed E-state index contributed by atoms with van der Waals surface area (Å²) in [4.78, 5) is 12.9. The van der Waals surface area contributed by atoms with Gasteiger partial charge in [0.15, 0.2) is 0 Å². The van der Waals surface area contributed by atoms with Crippen molar-refractivity contribution in [1.82, 2.24) is 5.32 Å². The van der Waals surface area contributed by atoms with E-state index in [2.05, 4.69) is 71.1 Å². The summed E-state index contributed by atoms with van der Waals surface area (Å²) in [6.45, 7) is 15.3. The summed E-state index contributed by atoms with van der Waals surface area (Å²) in [5, 5.41) is 3.32. The van der Waals surface area contributed by atoms with Crippen molar-refractivity contribution < 1.29 is 4.79 Å². The lowest BCUT2D eigenvalue weighted by atomic mass is 9.79. The normalized spacial score (nSPS) is 14.1. The highest BCUT2D eigenvalue weighted by Gasteiger charge is 2.28. The second-order valence-electron chi connectivity index (χ2n) is 7.72. The largest absolute Gasteiger partial charge is 0.352 e. The van der Waals surface area contributed by atoms with Gasteiger partial charge in [0.05, 0.1) is 5.92 Å². The highest BCUT2D eigenvalue weighted by Crippen LogP contribution is 2.31. The minimum atomic E-state index is -0.123. The molecule has 26 heavy (non-hydrogen) atoms. The molecule has 0 heterocycles. The van der Waals surface area contributed by atoms with Gasteiger partial charge < -0.3 is 5.32 Å². The Morgan fingerprint density at radius 2 is 1.50 bits per heavy atom. The van der Waals surface area contributed by atoms with Gasteiger partial charge in [-0.2, -0.15) is 0 Å². The van der Waals surface area contributed by atoms with Crippen LogP contribution in [0.3, 0.4) is 0 Å². The van der Waals surface area contributed by atoms with Crippen molar-refractivity contribution in [2.45, 2.75) is 92.5 Å². The SMILES string of the molecule is CC[C](CC)[C](CC)C(CC)NC(=O)C(C)c1ccc(CC(C)C)cc1. The van der Waals surface area contributed by atoms with Crippen LogP contribution in [-0.4, -0.2) is 11.9 Å². The maximum Gasteiger partial charge on any atom is 0.227 e. The van der Waals surface area contributed by atoms with E-state index in [1.54, 1.807) is 0 Å². The highest BCUT2D eigenvalue weighted by molar-refractivity contribution is 5.83. The summed E-state index contributed by atoms with van der Waals surface area (Å²) in [6, 6.07) is 8.72. The average Bonchev–Trinajstić information content (AvgIpc) is 2.63. The van der Waals surface area contributed by atoms with Gasteiger partial charge in [0.25, 0.3) is 0 Å². The van der Waals surface area contributed by atoms with Crippen molar-refractivity contribution in [3.63, 3.8) is 0 Å². The summed E-state index contributed by atoms with van der Waals surface area (Å²) >= 11 is 0. The predicted octanol–water partition coefficient (Wildman–Crippen LogP) is 6.26. The first-order chi connectivity index (χ1) is 12.4. The molecule has 0 aliphatic heterocycles. The van der Waals surface area contributed by atoms with Gasteiger partial charge in [-0.1, -0.05) is 65.8 Å². The molecule has 1 aromatic rings. The second-order valence-corrected chi connectivity index (χ2v) is 7.72. The lowest BCUT2D eigenvalue weighted by Crippen LogP contribution is -2.42. The van der Waals surface area contributed by atoms with Crippen LogP contribution in [0.25, 0.3) is 0 Å². The monoisotopic (exact) mass is 357 g/mol. The molecule has 2 radical (unpaired) electrons. The van der Waals surface area contributed by atoms with E-state index in [0.717, 1.165) is 37.7 Å². The molecule has 2 heteroatoms. The Labute approximate surface area is 162 Å². The van der Waals surface area contributed by atoms with Crippen molar-refractivity contribution in [3.05, 3.63) is 47.2 Å². The highest BCUT2D eigenvalue weighted by atomic mass is 16.1. The topological polar surface area (TPSA) is 29.1 Å². The Bertz CT molecular complexity index is 516. The number of carbonyl (C=O) groups is 1. The van der Waals surface area contributed by atoms with E-state index in [0.29, 0.717) is 5.92 Å². The van der Waals surface area contributed by atoms with Gasteiger partial charge in [0.1, 0.15) is 0 Å². The second kappa shape index (κ2) is 11.4. The Morgan fingerprint density at radius 1 is 0.923 bits per heavy atom. The number of rotatable bonds is 11. The lowest BCUT2D eigenvalue weighted by Gasteiger charge is -2.32. The molecule has 146 valence electrons. The van der Waals surface area contributed by atoms with E-state index in [-0.39, 0.29) is 17.9 Å². The van der Waals surface area contributed by atoms with E-state index < -0.39 is 0 Å². The first-order valence-electron chi connectivity index (χ1n) is 10.5. The molecule has 0 aromatic heterocycles. The van der Waals surface area contributed by atoms with Gasteiger partial charge >= 0.3 is 0 Å². The summed E-state index contributed by atoms with van der Waals surface area (Å²) < 4.78 is 0. The standard InChI is InChI=1S/C24H39NO/c1-8-20(9-2)22(10-3)23(11-4)25-24(26)18(7)21-14-12-19(13-15-21)16-17(5)6/h12-15,17-18,23H,8-11,16H2,1-7H3,(H,25,26). The number of nitrogens with one attached hydrogen (secondary N) is 1. The fourth-order valence-electron chi connectivity index (χ4n) is 3.74. The third kappa shape index (κ3) is 6.45. The maximum atomic E-state index is 12.9. The zero-order chi connectivity index (χ0) is 19.7. The van der Waals surface area contributed by atoms with E-state index in [1.165, 1.54) is 17.4 Å². The predicted molar refractivity (Wildman–Crippen MR) is 113 cm³/mol. The molecule has 0 saturated heterocycles. The molecular formula is C24H39NO. The fourth-order valence-corrected chi connectivity index (χ4v) is 3.74. The molecule has 0 aliphatic rings. The van der Waals surface area contributed by atoms with Crippen molar-refractivity contribution in [1.29, 1.82) is 0 Å². The number of amides is 1. The number of benzene rings is 1. The van der Waals surface area contributed by atoms with Crippen LogP contribution in [0.15, 0.2) is 24.3 Å². The van der Waals surface area contributed by atoms with Crippen LogP contribution in [0.4, 0.5) is 0 Å². The molecule has 1 aromatic carbocycles. The van der Waals surface area contributed by atoms with E-state index in [4.69, 9.17) is 0 Å². The number of hydrogen-bond acceptors (Lipinski definition) is 1. The molecule has 0 aliphatic carbocycles. The Kier molecular flexibility index (Phi) is 9.98. The first kappa shape index (κ1) is 22.7. The molecule has 2 atom stereocenters. The van der Waals surface area contributed by atoms with Gasteiger partial charge in [-0.15, -0.1) is 0 Å². The van der Waals surface area contributed by atoms with Crippen LogP contribution in [0, 0.1) is 17.8 Å². The van der Waals surface area contributed by atoms with Crippen molar-refractivity contribution in [2.24, 2.45) is 5.92 Å². The van der Waals surface area contributed by atoms with E-state index in [1.807, 2.05) is 6.92 Å². The third-order valence-corrected chi connectivity index (χ3v) is 5.35. The molecule has 0 saturated carbocycles. The van der Waals surface area contributed by atoms with Crippen LogP contribution in [0.2, 0.25) is 0 Å². The Balaban J connectivity index is 2.79. The lowest BCUT2D eigenvalue weighted by molar-refractivity contribution is -0.122. The summed E-state index contributed by atoms with van der Waals surface area (Å²) in [6.07, 6.45) is 5.17. The first-order valence-corrected chi connectivity index (χ1v) is 10.5.